The molecule has 0 N–H and O–H groups in total. The van der Waals surface area contributed by atoms with Gasteiger partial charge in [-0.1, -0.05) is 15.9 Å². The van der Waals surface area contributed by atoms with Crippen LogP contribution >= 0.6 is 15.9 Å². The molecule has 1 aliphatic rings. The number of anilines is 1. The van der Waals surface area contributed by atoms with Gasteiger partial charge in [-0.15, -0.1) is 0 Å². The smallest absolute Gasteiger partial charge is 0.270 e. The van der Waals surface area contributed by atoms with Gasteiger partial charge in [0.1, 0.15) is 4.90 Å². The van der Waals surface area contributed by atoms with E-state index in [9.17, 15) is 26.9 Å². The van der Waals surface area contributed by atoms with E-state index in [2.05, 4.69) is 20.8 Å². The molecule has 2 rings (SSSR count). The van der Waals surface area contributed by atoms with Crippen molar-refractivity contribution in [3.05, 3.63) is 28.3 Å². The van der Waals surface area contributed by atoms with Crippen LogP contribution in [-0.4, -0.2) is 109 Å². The Kier molecular flexibility index (Phi) is 10.5. The summed E-state index contributed by atoms with van der Waals surface area (Å²) in [7, 11) is -6.33. The summed E-state index contributed by atoms with van der Waals surface area (Å²) in [5, 5.41) is 11.8. The van der Waals surface area contributed by atoms with Crippen LogP contribution in [0.4, 0.5) is 11.4 Å². The fourth-order valence-corrected chi connectivity index (χ4v) is 5.43. The Morgan fingerprint density at radius 2 is 1.85 bits per heavy atom. The van der Waals surface area contributed by atoms with E-state index in [-0.39, 0.29) is 36.0 Å². The van der Waals surface area contributed by atoms with E-state index in [1.165, 1.54) is 23.5 Å². The van der Waals surface area contributed by atoms with Crippen LogP contribution in [0.25, 0.3) is 0 Å². The number of nitrogens with zero attached hydrogens (tertiary/aromatic N) is 4. The predicted octanol–water partition coefficient (Wildman–Crippen LogP) is 0.725. The molecule has 1 heterocycles. The molecule has 188 valence electrons. The minimum Gasteiger partial charge on any atom is -0.379 e. The molecular formula is C18H29BrN4O8S2. The quantitative estimate of drug-likeness (QED) is 0.144. The van der Waals surface area contributed by atoms with E-state index in [0.29, 0.717) is 44.7 Å². The first-order valence-electron chi connectivity index (χ1n) is 10.2. The van der Waals surface area contributed by atoms with Crippen molar-refractivity contribution in [3.8, 4) is 0 Å². The number of alkyl halides is 1. The summed E-state index contributed by atoms with van der Waals surface area (Å²) in [5.41, 5.74) is -0.125. The number of rotatable bonds is 13. The summed E-state index contributed by atoms with van der Waals surface area (Å²) in [6, 6.07) is 3.62. The van der Waals surface area contributed by atoms with Gasteiger partial charge in [0.05, 0.1) is 36.7 Å². The highest BCUT2D eigenvalue weighted by Crippen LogP contribution is 2.31. The summed E-state index contributed by atoms with van der Waals surface area (Å²) in [5.74, 6) is 0. The average Bonchev–Trinajstić information content (AvgIpc) is 2.76. The molecule has 0 atom stereocenters. The van der Waals surface area contributed by atoms with E-state index in [1.54, 1.807) is 4.90 Å². The van der Waals surface area contributed by atoms with Gasteiger partial charge in [0.15, 0.2) is 0 Å². The number of hydrogen-bond donors (Lipinski definition) is 0. The zero-order valence-corrected chi connectivity index (χ0v) is 21.8. The van der Waals surface area contributed by atoms with Crippen LogP contribution in [0.1, 0.15) is 0 Å². The lowest BCUT2D eigenvalue weighted by molar-refractivity contribution is -0.385. The first-order valence-corrected chi connectivity index (χ1v) is 14.5. The molecule has 12 nitrogen and oxygen atoms in total. The lowest BCUT2D eigenvalue weighted by atomic mass is 10.2. The second-order valence-electron chi connectivity index (χ2n) is 7.39. The topological polar surface area (TPSA) is 140 Å². The van der Waals surface area contributed by atoms with E-state index in [4.69, 9.17) is 8.92 Å². The fourth-order valence-electron chi connectivity index (χ4n) is 3.23. The van der Waals surface area contributed by atoms with Gasteiger partial charge in [-0.2, -0.15) is 12.7 Å². The number of hydrogen-bond acceptors (Lipinski definition) is 10. The Labute approximate surface area is 202 Å². The normalized spacial score (nSPS) is 15.6. The standard InChI is InChI=1S/C18H29BrN4O8S2/c1-20(7-8-21-9-12-30-13-10-21)33(28,29)18-15-16(23(24)25)3-4-17(18)22(6-5-19)11-14-31-32(2,26)27/h3-4,15H,5-14H2,1-2H3. The van der Waals surface area contributed by atoms with Gasteiger partial charge in [-0.25, -0.2) is 8.42 Å². The Bertz CT molecular complexity index is 1020. The largest absolute Gasteiger partial charge is 0.379 e. The average molecular weight is 573 g/mol. The number of non-ortho nitro benzene ring substituents is 1. The van der Waals surface area contributed by atoms with Crippen molar-refractivity contribution in [3.63, 3.8) is 0 Å². The highest BCUT2D eigenvalue weighted by atomic mass is 79.9. The first-order chi connectivity index (χ1) is 15.5. The molecular weight excluding hydrogens is 544 g/mol. The van der Waals surface area contributed by atoms with Crippen LogP contribution < -0.4 is 4.90 Å². The third-order valence-corrected chi connectivity index (χ3v) is 7.87. The van der Waals surface area contributed by atoms with Gasteiger partial charge in [-0.05, 0) is 6.07 Å². The third kappa shape index (κ3) is 8.42. The number of nitro groups is 1. The number of likely N-dealkylation sites (N-methyl/N-ethyl adjacent to an activating group) is 1. The summed E-state index contributed by atoms with van der Waals surface area (Å²) < 4.78 is 60.8. The molecule has 0 amide bonds. The molecule has 0 spiro atoms. The molecule has 0 saturated carbocycles. The molecule has 1 aliphatic heterocycles. The lowest BCUT2D eigenvalue weighted by Crippen LogP contribution is -2.42. The molecule has 1 saturated heterocycles. The number of halogens is 1. The van der Waals surface area contributed by atoms with Crippen LogP contribution in [0.2, 0.25) is 0 Å². The van der Waals surface area contributed by atoms with Crippen molar-refractivity contribution in [2.45, 2.75) is 4.90 Å². The van der Waals surface area contributed by atoms with Crippen molar-refractivity contribution in [1.29, 1.82) is 0 Å². The minimum atomic E-state index is -4.09. The number of sulfonamides is 1. The van der Waals surface area contributed by atoms with E-state index >= 15 is 0 Å². The molecule has 0 bridgehead atoms. The Morgan fingerprint density at radius 3 is 2.42 bits per heavy atom. The van der Waals surface area contributed by atoms with Crippen LogP contribution in [0, 0.1) is 10.1 Å². The number of nitro benzene ring substituents is 1. The Morgan fingerprint density at radius 1 is 1.18 bits per heavy atom. The van der Waals surface area contributed by atoms with Crippen LogP contribution in [-0.2, 0) is 29.1 Å². The number of morpholine rings is 1. The van der Waals surface area contributed by atoms with Crippen molar-refractivity contribution < 1.29 is 30.7 Å². The maximum atomic E-state index is 13.4. The molecule has 1 aromatic carbocycles. The molecule has 33 heavy (non-hydrogen) atoms. The molecule has 0 unspecified atom stereocenters. The maximum absolute atomic E-state index is 13.4. The van der Waals surface area contributed by atoms with Crippen LogP contribution in [0.15, 0.2) is 23.1 Å². The second kappa shape index (κ2) is 12.4. The summed E-state index contributed by atoms with van der Waals surface area (Å²) in [4.78, 5) is 14.2. The van der Waals surface area contributed by atoms with Gasteiger partial charge in [-0.3, -0.25) is 19.2 Å². The predicted molar refractivity (Wildman–Crippen MR) is 127 cm³/mol. The molecule has 1 fully saturated rings. The molecule has 0 radical (unpaired) electrons. The second-order valence-corrected chi connectivity index (χ2v) is 11.8. The number of ether oxygens (including phenoxy) is 1. The molecule has 15 heteroatoms. The monoisotopic (exact) mass is 572 g/mol. The van der Waals surface area contributed by atoms with Crippen molar-refractivity contribution in [2.24, 2.45) is 0 Å². The zero-order valence-electron chi connectivity index (χ0n) is 18.6. The van der Waals surface area contributed by atoms with Gasteiger partial charge >= 0.3 is 0 Å². The molecule has 1 aromatic rings. The zero-order chi connectivity index (χ0) is 24.6. The van der Waals surface area contributed by atoms with Crippen LogP contribution in [0.5, 0.6) is 0 Å². The third-order valence-electron chi connectivity index (χ3n) is 5.03. The van der Waals surface area contributed by atoms with E-state index in [1.807, 2.05) is 0 Å². The minimum absolute atomic E-state index is 0.0660. The number of benzene rings is 1. The van der Waals surface area contributed by atoms with E-state index in [0.717, 1.165) is 12.3 Å². The lowest BCUT2D eigenvalue weighted by Gasteiger charge is -2.30. The maximum Gasteiger partial charge on any atom is 0.270 e. The van der Waals surface area contributed by atoms with Crippen LogP contribution in [0.3, 0.4) is 0 Å². The van der Waals surface area contributed by atoms with Crippen molar-refractivity contribution in [2.75, 3.05) is 82.6 Å². The molecule has 0 aromatic heterocycles. The SMILES string of the molecule is CN(CCN1CCOCC1)S(=O)(=O)c1cc([N+](=O)[O-])ccc1N(CCBr)CCOS(C)(=O)=O. The Balaban J connectivity index is 2.34. The highest BCUT2D eigenvalue weighted by molar-refractivity contribution is 9.09. The highest BCUT2D eigenvalue weighted by Gasteiger charge is 2.29. The van der Waals surface area contributed by atoms with Gasteiger partial charge < -0.3 is 9.64 Å². The van der Waals surface area contributed by atoms with E-state index < -0.39 is 25.1 Å². The van der Waals surface area contributed by atoms with Gasteiger partial charge in [0.25, 0.3) is 15.8 Å². The molecule has 0 aliphatic carbocycles. The summed E-state index contributed by atoms with van der Waals surface area (Å²) >= 11 is 3.30. The first kappa shape index (κ1) is 27.9. The van der Waals surface area contributed by atoms with Crippen molar-refractivity contribution in [1.82, 2.24) is 9.21 Å². The Hall–Kier alpha value is -1.36. The van der Waals surface area contributed by atoms with Crippen molar-refractivity contribution >= 4 is 47.4 Å². The fraction of sp³-hybridized carbons (Fsp3) is 0.667. The summed E-state index contributed by atoms with van der Waals surface area (Å²) in [6.45, 7) is 3.46. The van der Waals surface area contributed by atoms with Gasteiger partial charge in [0.2, 0.25) is 10.0 Å². The summed E-state index contributed by atoms with van der Waals surface area (Å²) in [6.07, 6.45) is 0.924. The van der Waals surface area contributed by atoms with Gasteiger partial charge in [0, 0.05) is 63.8 Å².